The molecule has 0 aliphatic rings. The third kappa shape index (κ3) is 3.09. The van der Waals surface area contributed by atoms with E-state index in [0.717, 1.165) is 5.56 Å². The Morgan fingerprint density at radius 1 is 1.15 bits per heavy atom. The maximum Gasteiger partial charge on any atom is 0.244 e. The van der Waals surface area contributed by atoms with Gasteiger partial charge in [0.25, 0.3) is 0 Å². The van der Waals surface area contributed by atoms with Gasteiger partial charge in [-0.2, -0.15) is 0 Å². The Morgan fingerprint density at radius 3 is 2.55 bits per heavy atom. The largest absolute Gasteiger partial charge is 0.456 e. The van der Waals surface area contributed by atoms with E-state index in [9.17, 15) is 8.42 Å². The lowest BCUT2D eigenvalue weighted by Crippen LogP contribution is -2.19. The highest BCUT2D eigenvalue weighted by atomic mass is 32.2. The lowest BCUT2D eigenvalue weighted by molar-refractivity contribution is 0.466. The molecule has 0 aliphatic heterocycles. The van der Waals surface area contributed by atoms with Crippen molar-refractivity contribution in [1.82, 2.24) is 4.72 Å². The number of rotatable bonds is 4. The van der Waals surface area contributed by atoms with Crippen molar-refractivity contribution in [3.63, 3.8) is 0 Å². The summed E-state index contributed by atoms with van der Waals surface area (Å²) in [5.74, 6) is 0.807. The highest BCUT2D eigenvalue weighted by molar-refractivity contribution is 7.89. The summed E-state index contributed by atoms with van der Waals surface area (Å²) in [4.78, 5) is 0.0153. The number of anilines is 1. The molecule has 5 nitrogen and oxygen atoms in total. The first-order valence-electron chi connectivity index (χ1n) is 6.00. The minimum Gasteiger partial charge on any atom is -0.456 e. The van der Waals surface area contributed by atoms with Gasteiger partial charge in [0.05, 0.1) is 0 Å². The van der Waals surface area contributed by atoms with Gasteiger partial charge in [-0.05, 0) is 49.9 Å². The third-order valence-corrected chi connectivity index (χ3v) is 4.18. The van der Waals surface area contributed by atoms with E-state index in [-0.39, 0.29) is 10.6 Å². The highest BCUT2D eigenvalue weighted by Crippen LogP contribution is 2.30. The number of hydrogen-bond acceptors (Lipinski definition) is 4. The zero-order chi connectivity index (χ0) is 14.8. The van der Waals surface area contributed by atoms with Gasteiger partial charge in [-0.1, -0.05) is 12.1 Å². The Bertz CT molecular complexity index is 727. The average Bonchev–Trinajstić information content (AvgIpc) is 2.41. The van der Waals surface area contributed by atoms with Crippen molar-refractivity contribution in [3.8, 4) is 11.5 Å². The smallest absolute Gasteiger partial charge is 0.244 e. The van der Waals surface area contributed by atoms with E-state index < -0.39 is 10.0 Å². The Labute approximate surface area is 118 Å². The van der Waals surface area contributed by atoms with Crippen LogP contribution in [0.5, 0.6) is 11.5 Å². The van der Waals surface area contributed by atoms with Crippen LogP contribution in [0.25, 0.3) is 0 Å². The average molecular weight is 292 g/mol. The lowest BCUT2D eigenvalue weighted by Gasteiger charge is -2.12. The molecular formula is C14H16N2O3S. The van der Waals surface area contributed by atoms with Crippen molar-refractivity contribution in [2.45, 2.75) is 11.8 Å². The van der Waals surface area contributed by atoms with Crippen LogP contribution in [-0.2, 0) is 10.0 Å². The number of nitrogen functional groups attached to an aromatic ring is 1. The summed E-state index contributed by atoms with van der Waals surface area (Å²) in [6.07, 6.45) is 0. The van der Waals surface area contributed by atoms with E-state index in [0.29, 0.717) is 11.4 Å². The van der Waals surface area contributed by atoms with Gasteiger partial charge in [0.15, 0.2) is 0 Å². The van der Waals surface area contributed by atoms with Crippen molar-refractivity contribution in [1.29, 1.82) is 0 Å². The Morgan fingerprint density at radius 2 is 1.90 bits per heavy atom. The molecule has 2 rings (SSSR count). The van der Waals surface area contributed by atoms with Crippen molar-refractivity contribution < 1.29 is 13.2 Å². The summed E-state index contributed by atoms with van der Waals surface area (Å²) in [7, 11) is -2.29. The Balaban J connectivity index is 2.47. The molecule has 0 spiro atoms. The molecule has 0 saturated heterocycles. The number of nitrogens with one attached hydrogen (secondary N) is 1. The second kappa shape index (κ2) is 5.52. The van der Waals surface area contributed by atoms with Crippen molar-refractivity contribution >= 4 is 15.7 Å². The summed E-state index contributed by atoms with van der Waals surface area (Å²) in [5, 5.41) is 0. The quantitative estimate of drug-likeness (QED) is 0.847. The number of hydrogen-bond donors (Lipinski definition) is 2. The lowest BCUT2D eigenvalue weighted by atomic mass is 10.2. The molecule has 20 heavy (non-hydrogen) atoms. The Kier molecular flexibility index (Phi) is 3.96. The molecule has 0 heterocycles. The first kappa shape index (κ1) is 14.4. The van der Waals surface area contributed by atoms with Crippen LogP contribution >= 0.6 is 0 Å². The number of ether oxygens (including phenoxy) is 1. The van der Waals surface area contributed by atoms with Crippen LogP contribution in [0.15, 0.2) is 47.4 Å². The van der Waals surface area contributed by atoms with Gasteiger partial charge in [0.1, 0.15) is 16.4 Å². The molecule has 0 aliphatic carbocycles. The maximum atomic E-state index is 12.0. The van der Waals surface area contributed by atoms with E-state index in [1.54, 1.807) is 18.2 Å². The van der Waals surface area contributed by atoms with Crippen LogP contribution in [0.2, 0.25) is 0 Å². The van der Waals surface area contributed by atoms with Crippen LogP contribution < -0.4 is 15.2 Å². The van der Waals surface area contributed by atoms with Gasteiger partial charge in [-0.3, -0.25) is 0 Å². The summed E-state index contributed by atoms with van der Waals surface area (Å²) in [6, 6.07) is 11.9. The molecule has 0 saturated carbocycles. The second-order valence-corrected chi connectivity index (χ2v) is 6.19. The van der Waals surface area contributed by atoms with Gasteiger partial charge in [0, 0.05) is 5.69 Å². The molecule has 6 heteroatoms. The topological polar surface area (TPSA) is 81.4 Å². The first-order chi connectivity index (χ1) is 9.42. The molecule has 0 fully saturated rings. The van der Waals surface area contributed by atoms with Gasteiger partial charge in [0.2, 0.25) is 10.0 Å². The normalized spacial score (nSPS) is 11.3. The van der Waals surface area contributed by atoms with E-state index in [1.165, 1.54) is 13.1 Å². The molecule has 2 aromatic carbocycles. The highest BCUT2D eigenvalue weighted by Gasteiger charge is 2.18. The fraction of sp³-hybridized carbons (Fsp3) is 0.143. The number of benzene rings is 2. The molecule has 106 valence electrons. The predicted octanol–water partition coefficient (Wildman–Crippen LogP) is 2.28. The van der Waals surface area contributed by atoms with E-state index in [1.807, 2.05) is 25.1 Å². The maximum absolute atomic E-state index is 12.0. The fourth-order valence-corrected chi connectivity index (χ4v) is 2.62. The zero-order valence-electron chi connectivity index (χ0n) is 11.3. The minimum absolute atomic E-state index is 0.0153. The standard InChI is InChI=1S/C14H16N2O3S/c1-10-4-3-5-12(8-10)19-13-7-6-11(15)9-14(13)20(17,18)16-2/h3-9,16H,15H2,1-2H3. The first-order valence-corrected chi connectivity index (χ1v) is 7.48. The third-order valence-electron chi connectivity index (χ3n) is 2.74. The summed E-state index contributed by atoms with van der Waals surface area (Å²) >= 11 is 0. The van der Waals surface area contributed by atoms with Gasteiger partial charge in [-0.15, -0.1) is 0 Å². The molecule has 0 atom stereocenters. The van der Waals surface area contributed by atoms with Gasteiger partial charge >= 0.3 is 0 Å². The summed E-state index contributed by atoms with van der Waals surface area (Å²) in [6.45, 7) is 1.93. The molecule has 0 bridgehead atoms. The van der Waals surface area contributed by atoms with E-state index >= 15 is 0 Å². The molecule has 2 aromatic rings. The zero-order valence-corrected chi connectivity index (χ0v) is 12.1. The summed E-state index contributed by atoms with van der Waals surface area (Å²) in [5.41, 5.74) is 7.03. The van der Waals surface area contributed by atoms with Crippen LogP contribution in [0.4, 0.5) is 5.69 Å². The number of aryl methyl sites for hydroxylation is 1. The molecule has 0 amide bonds. The SMILES string of the molecule is CNS(=O)(=O)c1cc(N)ccc1Oc1cccc(C)c1. The molecule has 0 unspecified atom stereocenters. The molecular weight excluding hydrogens is 276 g/mol. The van der Waals surface area contributed by atoms with E-state index in [2.05, 4.69) is 4.72 Å². The monoisotopic (exact) mass is 292 g/mol. The van der Waals surface area contributed by atoms with E-state index in [4.69, 9.17) is 10.5 Å². The van der Waals surface area contributed by atoms with Crippen molar-refractivity contribution in [3.05, 3.63) is 48.0 Å². The Hall–Kier alpha value is -2.05. The predicted molar refractivity (Wildman–Crippen MR) is 78.4 cm³/mol. The van der Waals surface area contributed by atoms with Crippen LogP contribution in [-0.4, -0.2) is 15.5 Å². The van der Waals surface area contributed by atoms with Gasteiger partial charge < -0.3 is 10.5 Å². The van der Waals surface area contributed by atoms with Crippen molar-refractivity contribution in [2.24, 2.45) is 0 Å². The fourth-order valence-electron chi connectivity index (χ4n) is 1.73. The number of sulfonamides is 1. The molecule has 0 radical (unpaired) electrons. The van der Waals surface area contributed by atoms with Crippen molar-refractivity contribution in [2.75, 3.05) is 12.8 Å². The summed E-state index contributed by atoms with van der Waals surface area (Å²) < 4.78 is 31.9. The van der Waals surface area contributed by atoms with Gasteiger partial charge in [-0.25, -0.2) is 13.1 Å². The van der Waals surface area contributed by atoms with Crippen LogP contribution in [0.1, 0.15) is 5.56 Å². The minimum atomic E-state index is -3.64. The van der Waals surface area contributed by atoms with Crippen LogP contribution in [0, 0.1) is 6.92 Å². The molecule has 0 aromatic heterocycles. The number of nitrogens with two attached hydrogens (primary N) is 1. The molecule has 3 N–H and O–H groups in total. The second-order valence-electron chi connectivity index (χ2n) is 4.33. The van der Waals surface area contributed by atoms with Crippen LogP contribution in [0.3, 0.4) is 0 Å².